The standard InChI is InChI=1S/C33H39ClN8O3/c1-2-23-19-22(20-26(34)30(23)35)21-28(31(43)40-17-15-39(16-18-40)24-7-11-36-12-8-24)38-32(44)41-13-9-25(10-14-41)42-29-6-4-3-5-27(29)37-33(42)45/h3-8,11-12,19-20,25,28H,2,9-10,13-18,21,35H2,1H3,(H,37,45)(H,38,44)/t28-/m1/s1. The Hall–Kier alpha value is -4.51. The molecule has 6 rings (SSSR count). The normalized spacial score (nSPS) is 16.6. The summed E-state index contributed by atoms with van der Waals surface area (Å²) in [4.78, 5) is 53.2. The maximum absolute atomic E-state index is 14.0. The molecule has 2 aromatic heterocycles. The highest BCUT2D eigenvalue weighted by Crippen LogP contribution is 2.28. The van der Waals surface area contributed by atoms with Crippen LogP contribution in [0, 0.1) is 0 Å². The molecule has 1 atom stereocenters. The van der Waals surface area contributed by atoms with Crippen LogP contribution in [0.2, 0.25) is 5.02 Å². The third kappa shape index (κ3) is 6.49. The van der Waals surface area contributed by atoms with Crippen molar-refractivity contribution in [2.75, 3.05) is 49.9 Å². The molecule has 12 heteroatoms. The van der Waals surface area contributed by atoms with E-state index in [0.717, 1.165) is 27.8 Å². The predicted octanol–water partition coefficient (Wildman–Crippen LogP) is 3.83. The lowest BCUT2D eigenvalue weighted by molar-refractivity contribution is -0.133. The zero-order chi connectivity index (χ0) is 31.5. The average molecular weight is 631 g/mol. The van der Waals surface area contributed by atoms with E-state index >= 15 is 0 Å². The minimum atomic E-state index is -0.775. The Morgan fingerprint density at radius 2 is 1.73 bits per heavy atom. The number of piperazine rings is 1. The maximum Gasteiger partial charge on any atom is 0.326 e. The minimum Gasteiger partial charge on any atom is -0.397 e. The first-order valence-corrected chi connectivity index (χ1v) is 16.0. The number of rotatable bonds is 7. The lowest BCUT2D eigenvalue weighted by Crippen LogP contribution is -2.57. The number of hydrogen-bond donors (Lipinski definition) is 3. The zero-order valence-corrected chi connectivity index (χ0v) is 26.2. The monoisotopic (exact) mass is 630 g/mol. The van der Waals surface area contributed by atoms with Gasteiger partial charge in [-0.1, -0.05) is 36.7 Å². The van der Waals surface area contributed by atoms with Crippen LogP contribution >= 0.6 is 11.6 Å². The molecule has 11 nitrogen and oxygen atoms in total. The molecule has 2 saturated heterocycles. The van der Waals surface area contributed by atoms with E-state index in [9.17, 15) is 14.4 Å². The van der Waals surface area contributed by atoms with Crippen LogP contribution in [-0.2, 0) is 17.6 Å². The fraction of sp³-hybridized carbons (Fsp3) is 0.394. The number of aryl methyl sites for hydroxylation is 1. The lowest BCUT2D eigenvalue weighted by Gasteiger charge is -2.38. The van der Waals surface area contributed by atoms with Crippen molar-refractivity contribution in [3.8, 4) is 0 Å². The third-order valence-electron chi connectivity index (χ3n) is 9.05. The van der Waals surface area contributed by atoms with Gasteiger partial charge in [0, 0.05) is 69.8 Å². The molecule has 236 valence electrons. The van der Waals surface area contributed by atoms with E-state index in [-0.39, 0.29) is 23.7 Å². The summed E-state index contributed by atoms with van der Waals surface area (Å²) < 4.78 is 1.80. The summed E-state index contributed by atoms with van der Waals surface area (Å²) in [6.45, 7) is 5.41. The van der Waals surface area contributed by atoms with Crippen molar-refractivity contribution < 1.29 is 9.59 Å². The summed E-state index contributed by atoms with van der Waals surface area (Å²) in [6.07, 6.45) is 5.81. The summed E-state index contributed by atoms with van der Waals surface area (Å²) in [5.41, 5.74) is 11.1. The van der Waals surface area contributed by atoms with Gasteiger partial charge in [-0.05, 0) is 60.7 Å². The van der Waals surface area contributed by atoms with Crippen molar-refractivity contribution in [2.24, 2.45) is 0 Å². The van der Waals surface area contributed by atoms with Crippen molar-refractivity contribution in [1.82, 2.24) is 29.7 Å². The van der Waals surface area contributed by atoms with Crippen molar-refractivity contribution in [2.45, 2.75) is 44.7 Å². The number of aromatic amines is 1. The Morgan fingerprint density at radius 1 is 1.02 bits per heavy atom. The number of aromatic nitrogens is 3. The van der Waals surface area contributed by atoms with E-state index in [2.05, 4.69) is 20.2 Å². The molecule has 2 aliphatic heterocycles. The zero-order valence-electron chi connectivity index (χ0n) is 25.4. The number of anilines is 2. The Morgan fingerprint density at radius 3 is 2.44 bits per heavy atom. The molecule has 0 radical (unpaired) electrons. The van der Waals surface area contributed by atoms with Gasteiger partial charge in [-0.3, -0.25) is 14.3 Å². The molecule has 4 aromatic rings. The number of urea groups is 1. The van der Waals surface area contributed by atoms with Crippen molar-refractivity contribution >= 4 is 45.9 Å². The van der Waals surface area contributed by atoms with Crippen molar-refractivity contribution in [1.29, 1.82) is 0 Å². The van der Waals surface area contributed by atoms with Gasteiger partial charge >= 0.3 is 11.7 Å². The molecule has 3 amide bonds. The molecule has 0 saturated carbocycles. The van der Waals surface area contributed by atoms with Crippen LogP contribution in [0.1, 0.15) is 36.9 Å². The Bertz CT molecular complexity index is 1720. The molecule has 0 spiro atoms. The van der Waals surface area contributed by atoms with Gasteiger partial charge < -0.3 is 30.7 Å². The van der Waals surface area contributed by atoms with Crippen LogP contribution in [0.15, 0.2) is 65.7 Å². The number of benzene rings is 2. The summed E-state index contributed by atoms with van der Waals surface area (Å²) in [6, 6.07) is 14.3. The summed E-state index contributed by atoms with van der Waals surface area (Å²) >= 11 is 6.46. The van der Waals surface area contributed by atoms with Crippen LogP contribution in [0.3, 0.4) is 0 Å². The second-order valence-electron chi connectivity index (χ2n) is 11.8. The molecule has 0 unspecified atom stereocenters. The fourth-order valence-electron chi connectivity index (χ4n) is 6.55. The summed E-state index contributed by atoms with van der Waals surface area (Å²) in [7, 11) is 0. The van der Waals surface area contributed by atoms with Crippen LogP contribution in [0.4, 0.5) is 16.2 Å². The molecular weight excluding hydrogens is 592 g/mol. The molecular formula is C33H39ClN8O3. The molecule has 0 aliphatic carbocycles. The van der Waals surface area contributed by atoms with Gasteiger partial charge in [0.1, 0.15) is 6.04 Å². The minimum absolute atomic E-state index is 0.0174. The number of hydrogen-bond acceptors (Lipinski definition) is 6. The molecule has 4 N–H and O–H groups in total. The number of carbonyl (C=O) groups excluding carboxylic acids is 2. The van der Waals surface area contributed by atoms with E-state index in [1.54, 1.807) is 27.9 Å². The number of likely N-dealkylation sites (tertiary alicyclic amines) is 1. The second-order valence-corrected chi connectivity index (χ2v) is 12.2. The van der Waals surface area contributed by atoms with Crippen LogP contribution in [0.5, 0.6) is 0 Å². The lowest BCUT2D eigenvalue weighted by atomic mass is 9.99. The van der Waals surface area contributed by atoms with E-state index < -0.39 is 6.04 Å². The number of pyridine rings is 1. The van der Waals surface area contributed by atoms with E-state index in [1.165, 1.54) is 0 Å². The molecule has 45 heavy (non-hydrogen) atoms. The van der Waals surface area contributed by atoms with Crippen molar-refractivity contribution in [3.63, 3.8) is 0 Å². The van der Waals surface area contributed by atoms with Gasteiger partial charge in [0.25, 0.3) is 0 Å². The van der Waals surface area contributed by atoms with Crippen molar-refractivity contribution in [3.05, 3.63) is 87.6 Å². The van der Waals surface area contributed by atoms with Gasteiger partial charge in [0.05, 0.1) is 21.7 Å². The van der Waals surface area contributed by atoms with Crippen LogP contribution < -0.4 is 21.6 Å². The number of halogens is 1. The number of H-pyrrole nitrogens is 1. The van der Waals surface area contributed by atoms with Gasteiger partial charge in [-0.15, -0.1) is 0 Å². The number of imidazole rings is 1. The average Bonchev–Trinajstić information content (AvgIpc) is 3.41. The topological polar surface area (TPSA) is 133 Å². The number of amides is 3. The molecule has 4 heterocycles. The highest BCUT2D eigenvalue weighted by molar-refractivity contribution is 6.33. The first-order valence-electron chi connectivity index (χ1n) is 15.6. The predicted molar refractivity (Wildman–Crippen MR) is 177 cm³/mol. The molecule has 2 fully saturated rings. The fourth-order valence-corrected chi connectivity index (χ4v) is 6.81. The van der Waals surface area contributed by atoms with Gasteiger partial charge in [-0.25, -0.2) is 9.59 Å². The Labute approximate surface area is 267 Å². The number of nitrogens with one attached hydrogen (secondary N) is 2. The number of fused-ring (bicyclic) bond motifs is 1. The largest absolute Gasteiger partial charge is 0.397 e. The SMILES string of the molecule is CCc1cc(C[C@@H](NC(=O)N2CCC(n3c(=O)[nH]c4ccccc43)CC2)C(=O)N2CCN(c3ccncc3)CC2)cc(Cl)c1N. The van der Waals surface area contributed by atoms with Crippen LogP contribution in [-0.4, -0.2) is 81.6 Å². The quantitative estimate of drug-likeness (QED) is 0.266. The van der Waals surface area contributed by atoms with Crippen LogP contribution in [0.25, 0.3) is 11.0 Å². The number of nitrogen functional groups attached to an aromatic ring is 1. The molecule has 2 aliphatic rings. The first kappa shape index (κ1) is 30.5. The third-order valence-corrected chi connectivity index (χ3v) is 9.36. The van der Waals surface area contributed by atoms with Gasteiger partial charge in [0.2, 0.25) is 5.91 Å². The number of piperidine rings is 1. The highest BCUT2D eigenvalue weighted by atomic mass is 35.5. The van der Waals surface area contributed by atoms with E-state index in [4.69, 9.17) is 17.3 Å². The smallest absolute Gasteiger partial charge is 0.326 e. The second kappa shape index (κ2) is 13.2. The summed E-state index contributed by atoms with van der Waals surface area (Å²) in [5.74, 6) is -0.121. The Kier molecular flexibility index (Phi) is 8.97. The maximum atomic E-state index is 14.0. The first-order chi connectivity index (χ1) is 21.8. The van der Waals surface area contributed by atoms with Gasteiger partial charge in [-0.2, -0.15) is 0 Å². The number of nitrogens with zero attached hydrogens (tertiary/aromatic N) is 5. The van der Waals surface area contributed by atoms with E-state index in [1.807, 2.05) is 54.3 Å². The number of carbonyl (C=O) groups is 2. The highest BCUT2D eigenvalue weighted by Gasteiger charge is 2.32. The Balaban J connectivity index is 1.15. The number of nitrogens with two attached hydrogens (primary N) is 1. The number of para-hydroxylation sites is 2. The van der Waals surface area contributed by atoms with Gasteiger partial charge in [0.15, 0.2) is 0 Å². The molecule has 0 bridgehead atoms. The van der Waals surface area contributed by atoms with E-state index in [0.29, 0.717) is 75.7 Å². The summed E-state index contributed by atoms with van der Waals surface area (Å²) in [5, 5.41) is 3.51. The molecule has 2 aromatic carbocycles.